The second kappa shape index (κ2) is 5.53. The first kappa shape index (κ1) is 12.8. The maximum Gasteiger partial charge on any atom is 0.427 e. The molecule has 0 aliphatic carbocycles. The molecule has 0 aromatic heterocycles. The van der Waals surface area contributed by atoms with Crippen molar-refractivity contribution in [3.05, 3.63) is 11.8 Å². The van der Waals surface area contributed by atoms with Crippen LogP contribution in [-0.4, -0.2) is 12.6 Å². The maximum absolute atomic E-state index is 10.8. The molecule has 0 rings (SSSR count). The van der Waals surface area contributed by atoms with Crippen LogP contribution in [0.1, 0.15) is 13.8 Å². The molecule has 0 radical (unpaired) electrons. The molecule has 7 heteroatoms. The van der Waals surface area contributed by atoms with Crippen LogP contribution in [0.15, 0.2) is 11.8 Å². The maximum atomic E-state index is 10.8. The van der Waals surface area contributed by atoms with Gasteiger partial charge in [-0.15, -0.1) is 0 Å². The number of carbonyl (C=O) groups excluding carboxylic acids is 1. The minimum absolute atomic E-state index is 0.0479. The Labute approximate surface area is 85.8 Å². The van der Waals surface area contributed by atoms with E-state index < -0.39 is 12.0 Å². The molecule has 76 valence electrons. The Morgan fingerprint density at radius 3 is 2.46 bits per heavy atom. The SMILES string of the molecule is CCOC(=O)C=C(C)OP(=O)(Cl)Cl. The molecule has 0 heterocycles. The van der Waals surface area contributed by atoms with Crippen LogP contribution in [-0.2, 0) is 18.6 Å². The normalized spacial score (nSPS) is 12.5. The van der Waals surface area contributed by atoms with Crippen molar-refractivity contribution in [1.29, 1.82) is 0 Å². The summed E-state index contributed by atoms with van der Waals surface area (Å²) in [7, 11) is 0. The molecule has 0 aliphatic heterocycles. The van der Waals surface area contributed by atoms with Gasteiger partial charge in [0.1, 0.15) is 5.76 Å². The van der Waals surface area contributed by atoms with Crippen molar-refractivity contribution in [2.24, 2.45) is 0 Å². The largest absolute Gasteiger partial charge is 0.463 e. The summed E-state index contributed by atoms with van der Waals surface area (Å²) in [5, 5.41) is 0. The molecule has 0 aromatic carbocycles. The summed E-state index contributed by atoms with van der Waals surface area (Å²) in [6, 6.07) is 0. The van der Waals surface area contributed by atoms with Crippen LogP contribution in [0.25, 0.3) is 0 Å². The second-order valence-corrected chi connectivity index (χ2v) is 6.21. The van der Waals surface area contributed by atoms with Crippen LogP contribution < -0.4 is 0 Å². The van der Waals surface area contributed by atoms with Gasteiger partial charge in [-0.3, -0.25) is 0 Å². The lowest BCUT2D eigenvalue weighted by Crippen LogP contribution is -2.00. The van der Waals surface area contributed by atoms with Crippen molar-refractivity contribution in [3.8, 4) is 0 Å². The molecule has 0 N–H and O–H groups in total. The van der Waals surface area contributed by atoms with Crippen molar-refractivity contribution in [2.45, 2.75) is 13.8 Å². The van der Waals surface area contributed by atoms with Crippen LogP contribution >= 0.6 is 28.6 Å². The monoisotopic (exact) mass is 246 g/mol. The van der Waals surface area contributed by atoms with Crippen LogP contribution in [0.5, 0.6) is 0 Å². The zero-order valence-electron chi connectivity index (χ0n) is 7.12. The molecule has 0 spiro atoms. The number of esters is 1. The highest BCUT2D eigenvalue weighted by Crippen LogP contribution is 2.59. The standard InChI is InChI=1S/C6H9Cl2O4P/c1-3-11-6(9)4-5(2)12-13(7,8)10/h4H,3H2,1-2H3. The number of ether oxygens (including phenoxy) is 1. The quantitative estimate of drug-likeness (QED) is 0.331. The predicted molar refractivity (Wildman–Crippen MR) is 50.8 cm³/mol. The first-order valence-electron chi connectivity index (χ1n) is 3.39. The van der Waals surface area contributed by atoms with Gasteiger partial charge in [-0.1, -0.05) is 0 Å². The van der Waals surface area contributed by atoms with E-state index in [2.05, 4.69) is 9.26 Å². The Kier molecular flexibility index (Phi) is 5.45. The summed E-state index contributed by atoms with van der Waals surface area (Å²) in [5.74, 6) is -0.548. The van der Waals surface area contributed by atoms with Gasteiger partial charge in [0.2, 0.25) is 0 Å². The fourth-order valence-corrected chi connectivity index (χ4v) is 1.58. The van der Waals surface area contributed by atoms with Crippen molar-refractivity contribution in [3.63, 3.8) is 0 Å². The number of allylic oxidation sites excluding steroid dienone is 1. The van der Waals surface area contributed by atoms with E-state index in [9.17, 15) is 9.36 Å². The highest BCUT2D eigenvalue weighted by atomic mass is 35.9. The molecule has 0 aliphatic rings. The van der Waals surface area contributed by atoms with Gasteiger partial charge in [0.05, 0.1) is 12.7 Å². The Morgan fingerprint density at radius 2 is 2.08 bits per heavy atom. The molecule has 13 heavy (non-hydrogen) atoms. The van der Waals surface area contributed by atoms with Crippen LogP contribution in [0.4, 0.5) is 0 Å². The number of halogens is 2. The fourth-order valence-electron chi connectivity index (χ4n) is 0.544. The van der Waals surface area contributed by atoms with E-state index >= 15 is 0 Å². The number of rotatable bonds is 4. The van der Waals surface area contributed by atoms with Crippen molar-refractivity contribution in [2.75, 3.05) is 6.61 Å². The third-order valence-corrected chi connectivity index (χ3v) is 1.77. The molecular formula is C6H9Cl2O4P. The molecule has 0 saturated carbocycles. The fraction of sp³-hybridized carbons (Fsp3) is 0.500. The molecule has 0 bridgehead atoms. The average molecular weight is 247 g/mol. The topological polar surface area (TPSA) is 52.6 Å². The zero-order chi connectivity index (χ0) is 10.5. The first-order chi connectivity index (χ1) is 5.85. The third kappa shape index (κ3) is 8.16. The molecule has 0 aromatic rings. The van der Waals surface area contributed by atoms with E-state index in [0.717, 1.165) is 6.08 Å². The first-order valence-corrected chi connectivity index (χ1v) is 6.82. The van der Waals surface area contributed by atoms with E-state index in [1.54, 1.807) is 6.92 Å². The van der Waals surface area contributed by atoms with E-state index in [0.29, 0.717) is 0 Å². The Balaban J connectivity index is 4.17. The lowest BCUT2D eigenvalue weighted by atomic mass is 10.5. The number of hydrogen-bond acceptors (Lipinski definition) is 4. The van der Waals surface area contributed by atoms with Gasteiger partial charge in [-0.05, 0) is 13.8 Å². The van der Waals surface area contributed by atoms with Gasteiger partial charge in [-0.2, -0.15) is 0 Å². The Morgan fingerprint density at radius 1 is 1.54 bits per heavy atom. The van der Waals surface area contributed by atoms with Gasteiger partial charge in [0, 0.05) is 22.5 Å². The minimum Gasteiger partial charge on any atom is -0.463 e. The highest BCUT2D eigenvalue weighted by Gasteiger charge is 2.16. The predicted octanol–water partition coefficient (Wildman–Crippen LogP) is 3.06. The second-order valence-electron chi connectivity index (χ2n) is 2.01. The van der Waals surface area contributed by atoms with Gasteiger partial charge in [0.25, 0.3) is 0 Å². The number of hydrogen-bond donors (Lipinski definition) is 0. The summed E-state index contributed by atoms with van der Waals surface area (Å²) in [6.07, 6.45) is -2.61. The highest BCUT2D eigenvalue weighted by molar-refractivity contribution is 8.05. The van der Waals surface area contributed by atoms with Gasteiger partial charge >= 0.3 is 12.0 Å². The summed E-state index contributed by atoms with van der Waals surface area (Å²) >= 11 is 10.2. The van der Waals surface area contributed by atoms with Gasteiger partial charge in [0.15, 0.2) is 0 Å². The molecular weight excluding hydrogens is 238 g/mol. The Hall–Kier alpha value is -0.180. The van der Waals surface area contributed by atoms with E-state index in [1.807, 2.05) is 0 Å². The minimum atomic E-state index is -3.63. The van der Waals surface area contributed by atoms with Gasteiger partial charge < -0.3 is 9.26 Å². The van der Waals surface area contributed by atoms with Crippen LogP contribution in [0.2, 0.25) is 0 Å². The van der Waals surface area contributed by atoms with E-state index in [4.69, 9.17) is 22.5 Å². The third-order valence-electron chi connectivity index (χ3n) is 0.858. The van der Waals surface area contributed by atoms with Gasteiger partial charge in [-0.25, -0.2) is 9.36 Å². The van der Waals surface area contributed by atoms with Crippen LogP contribution in [0.3, 0.4) is 0 Å². The van der Waals surface area contributed by atoms with E-state index in [-0.39, 0.29) is 12.4 Å². The molecule has 0 saturated heterocycles. The smallest absolute Gasteiger partial charge is 0.427 e. The lowest BCUT2D eigenvalue weighted by molar-refractivity contribution is -0.137. The molecule has 0 fully saturated rings. The molecule has 0 amide bonds. The summed E-state index contributed by atoms with van der Waals surface area (Å²) < 4.78 is 19.7. The lowest BCUT2D eigenvalue weighted by Gasteiger charge is -2.05. The average Bonchev–Trinajstić information content (AvgIpc) is 1.81. The molecule has 4 nitrogen and oxygen atoms in total. The van der Waals surface area contributed by atoms with Crippen LogP contribution in [0, 0.1) is 0 Å². The van der Waals surface area contributed by atoms with E-state index in [1.165, 1.54) is 6.92 Å². The van der Waals surface area contributed by atoms with Crippen molar-refractivity contribution >= 4 is 34.5 Å². The zero-order valence-corrected chi connectivity index (χ0v) is 9.53. The summed E-state index contributed by atoms with van der Waals surface area (Å²) in [6.45, 7) is 3.31. The van der Waals surface area contributed by atoms with Crippen molar-refractivity contribution in [1.82, 2.24) is 0 Å². The molecule has 0 unspecified atom stereocenters. The molecule has 0 atom stereocenters. The van der Waals surface area contributed by atoms with Crippen molar-refractivity contribution < 1.29 is 18.6 Å². The Bertz CT molecular complexity index is 257. The summed E-state index contributed by atoms with van der Waals surface area (Å²) in [4.78, 5) is 10.8. The summed E-state index contributed by atoms with van der Waals surface area (Å²) in [5.41, 5.74) is 0. The number of carbonyl (C=O) groups is 1.